The van der Waals surface area contributed by atoms with Crippen LogP contribution in [0, 0.1) is 24.0 Å². The van der Waals surface area contributed by atoms with Gasteiger partial charge in [0.1, 0.15) is 0 Å². The van der Waals surface area contributed by atoms with Gasteiger partial charge in [-0.05, 0) is 50.5 Å². The van der Waals surface area contributed by atoms with Crippen LogP contribution in [0.3, 0.4) is 0 Å². The second kappa shape index (κ2) is 7.59. The summed E-state index contributed by atoms with van der Waals surface area (Å²) in [5, 5.41) is 13.8. The number of sulfonamides is 1. The predicted molar refractivity (Wildman–Crippen MR) is 107 cm³/mol. The van der Waals surface area contributed by atoms with Crippen molar-refractivity contribution in [1.29, 1.82) is 0 Å². The van der Waals surface area contributed by atoms with Crippen LogP contribution in [0.1, 0.15) is 34.3 Å². The number of aryl methyl sites for hydroxylation is 1. The maximum Gasteiger partial charge on any atom is 0.274 e. The van der Waals surface area contributed by atoms with E-state index in [1.54, 1.807) is 38.1 Å². The molecule has 3 rings (SSSR count). The zero-order valence-corrected chi connectivity index (χ0v) is 16.5. The highest BCUT2D eigenvalue weighted by Gasteiger charge is 2.27. The summed E-state index contributed by atoms with van der Waals surface area (Å²) in [7, 11) is -3.40. The first-order chi connectivity index (χ1) is 13.2. The Morgan fingerprint density at radius 3 is 2.61 bits per heavy atom. The second-order valence-electron chi connectivity index (χ2n) is 6.76. The third-order valence-electron chi connectivity index (χ3n) is 4.84. The monoisotopic (exact) mass is 403 g/mol. The number of nitro groups is 1. The van der Waals surface area contributed by atoms with Gasteiger partial charge < -0.3 is 5.32 Å². The molecule has 9 heteroatoms. The highest BCUT2D eigenvalue weighted by atomic mass is 32.2. The van der Waals surface area contributed by atoms with Crippen molar-refractivity contribution in [2.75, 3.05) is 21.9 Å². The second-order valence-corrected chi connectivity index (χ2v) is 8.77. The first-order valence-electron chi connectivity index (χ1n) is 8.87. The normalized spacial score (nSPS) is 15.9. The molecular weight excluding hydrogens is 382 g/mol. The minimum Gasteiger partial charge on any atom is -0.321 e. The van der Waals surface area contributed by atoms with E-state index in [9.17, 15) is 23.3 Å². The average molecular weight is 403 g/mol. The molecule has 28 heavy (non-hydrogen) atoms. The summed E-state index contributed by atoms with van der Waals surface area (Å²) >= 11 is 0. The number of carbonyl (C=O) groups excluding carboxylic acids is 1. The first-order valence-corrected chi connectivity index (χ1v) is 10.5. The summed E-state index contributed by atoms with van der Waals surface area (Å²) in [5.74, 6) is -0.366. The molecule has 148 valence electrons. The molecule has 1 heterocycles. The van der Waals surface area contributed by atoms with Crippen molar-refractivity contribution in [3.63, 3.8) is 0 Å². The number of nitrogens with one attached hydrogen (secondary N) is 1. The van der Waals surface area contributed by atoms with Crippen molar-refractivity contribution in [3.05, 3.63) is 63.2 Å². The van der Waals surface area contributed by atoms with E-state index in [0.29, 0.717) is 29.9 Å². The maximum absolute atomic E-state index is 12.7. The highest BCUT2D eigenvalue weighted by Crippen LogP contribution is 2.29. The number of benzene rings is 2. The van der Waals surface area contributed by atoms with Gasteiger partial charge in [0.2, 0.25) is 10.0 Å². The van der Waals surface area contributed by atoms with Crippen molar-refractivity contribution in [1.82, 2.24) is 0 Å². The topological polar surface area (TPSA) is 110 Å². The molecule has 2 aromatic rings. The molecule has 2 aromatic carbocycles. The highest BCUT2D eigenvalue weighted by molar-refractivity contribution is 7.92. The van der Waals surface area contributed by atoms with E-state index >= 15 is 0 Å². The molecular formula is C19H21N3O5S. The van der Waals surface area contributed by atoms with Crippen LogP contribution in [0.2, 0.25) is 0 Å². The summed E-state index contributed by atoms with van der Waals surface area (Å²) in [6, 6.07) is 9.33. The van der Waals surface area contributed by atoms with Crippen LogP contribution in [-0.4, -0.2) is 31.5 Å². The van der Waals surface area contributed by atoms with E-state index in [-0.39, 0.29) is 17.0 Å². The average Bonchev–Trinajstić information content (AvgIpc) is 2.63. The summed E-state index contributed by atoms with van der Waals surface area (Å²) < 4.78 is 26.2. The number of carbonyl (C=O) groups is 1. The minimum atomic E-state index is -3.40. The minimum absolute atomic E-state index is 0.0817. The summed E-state index contributed by atoms with van der Waals surface area (Å²) in [6.07, 6.45) is 1.39. The van der Waals surface area contributed by atoms with Crippen LogP contribution in [-0.2, 0) is 10.0 Å². The van der Waals surface area contributed by atoms with Crippen molar-refractivity contribution in [2.24, 2.45) is 0 Å². The Kier molecular flexibility index (Phi) is 5.37. The van der Waals surface area contributed by atoms with Gasteiger partial charge in [-0.3, -0.25) is 19.2 Å². The molecule has 0 aromatic heterocycles. The number of rotatable bonds is 4. The zero-order chi connectivity index (χ0) is 20.5. The summed E-state index contributed by atoms with van der Waals surface area (Å²) in [6.45, 7) is 3.75. The third-order valence-corrected chi connectivity index (χ3v) is 6.69. The Labute approximate surface area is 163 Å². The van der Waals surface area contributed by atoms with Crippen LogP contribution < -0.4 is 9.62 Å². The van der Waals surface area contributed by atoms with E-state index in [2.05, 4.69) is 5.32 Å². The van der Waals surface area contributed by atoms with Gasteiger partial charge in [0.15, 0.2) is 0 Å². The lowest BCUT2D eigenvalue weighted by Crippen LogP contribution is -2.38. The fraction of sp³-hybridized carbons (Fsp3) is 0.316. The molecule has 0 spiro atoms. The molecule has 0 saturated carbocycles. The fourth-order valence-electron chi connectivity index (χ4n) is 3.23. The lowest BCUT2D eigenvalue weighted by atomic mass is 10.1. The number of hydrogen-bond acceptors (Lipinski definition) is 5. The summed E-state index contributed by atoms with van der Waals surface area (Å²) in [4.78, 5) is 23.3. The van der Waals surface area contributed by atoms with Gasteiger partial charge in [0.05, 0.1) is 27.6 Å². The Balaban J connectivity index is 1.92. The summed E-state index contributed by atoms with van der Waals surface area (Å²) in [5.41, 5.74) is 2.14. The number of hydrogen-bond donors (Lipinski definition) is 1. The van der Waals surface area contributed by atoms with E-state index in [1.165, 1.54) is 16.4 Å². The fourth-order valence-corrected chi connectivity index (χ4v) is 4.92. The molecule has 1 aliphatic rings. The Morgan fingerprint density at radius 2 is 1.93 bits per heavy atom. The number of anilines is 2. The van der Waals surface area contributed by atoms with Crippen LogP contribution in [0.25, 0.3) is 0 Å². The quantitative estimate of drug-likeness (QED) is 0.621. The molecule has 1 N–H and O–H groups in total. The maximum atomic E-state index is 12.7. The largest absolute Gasteiger partial charge is 0.321 e. The van der Waals surface area contributed by atoms with Crippen molar-refractivity contribution in [2.45, 2.75) is 26.7 Å². The van der Waals surface area contributed by atoms with E-state index in [4.69, 9.17) is 0 Å². The lowest BCUT2D eigenvalue weighted by molar-refractivity contribution is -0.385. The molecule has 0 aliphatic carbocycles. The molecule has 1 fully saturated rings. The molecule has 0 unspecified atom stereocenters. The van der Waals surface area contributed by atoms with Gasteiger partial charge in [-0.15, -0.1) is 0 Å². The molecule has 0 atom stereocenters. The number of nitro benzene ring substituents is 1. The SMILES string of the molecule is Cc1ccc(C(=O)Nc2cccc([N+](=O)[O-])c2C)cc1N1CCCCS1(=O)=O. The van der Waals surface area contributed by atoms with Crippen molar-refractivity contribution < 1.29 is 18.1 Å². The molecule has 0 bridgehead atoms. The van der Waals surface area contributed by atoms with Crippen LogP contribution in [0.15, 0.2) is 36.4 Å². The van der Waals surface area contributed by atoms with Crippen molar-refractivity contribution >= 4 is 33.0 Å². The van der Waals surface area contributed by atoms with Crippen molar-refractivity contribution in [3.8, 4) is 0 Å². The smallest absolute Gasteiger partial charge is 0.274 e. The van der Waals surface area contributed by atoms with Gasteiger partial charge in [0, 0.05) is 18.2 Å². The van der Waals surface area contributed by atoms with Gasteiger partial charge >= 0.3 is 0 Å². The Hall–Kier alpha value is -2.94. The molecule has 1 amide bonds. The first kappa shape index (κ1) is 19.8. The van der Waals surface area contributed by atoms with Gasteiger partial charge in [0.25, 0.3) is 11.6 Å². The Bertz CT molecular complexity index is 1050. The standard InChI is InChI=1S/C19H21N3O5S/c1-13-8-9-15(12-18(13)21-10-3-4-11-28(21,26)27)19(23)20-16-6-5-7-17(14(16)2)22(24)25/h5-9,12H,3-4,10-11H2,1-2H3,(H,20,23). The van der Waals surface area contributed by atoms with Gasteiger partial charge in [-0.25, -0.2) is 8.42 Å². The number of amides is 1. The van der Waals surface area contributed by atoms with E-state index in [1.807, 2.05) is 0 Å². The van der Waals surface area contributed by atoms with Crippen LogP contribution in [0.5, 0.6) is 0 Å². The van der Waals surface area contributed by atoms with E-state index < -0.39 is 20.9 Å². The molecule has 1 saturated heterocycles. The van der Waals surface area contributed by atoms with Crippen LogP contribution in [0.4, 0.5) is 17.1 Å². The third kappa shape index (κ3) is 3.84. The number of nitrogens with zero attached hydrogens (tertiary/aromatic N) is 2. The predicted octanol–water partition coefficient (Wildman–Crippen LogP) is 3.39. The molecule has 0 radical (unpaired) electrons. The van der Waals surface area contributed by atoms with Crippen LogP contribution >= 0.6 is 0 Å². The van der Waals surface area contributed by atoms with Gasteiger partial charge in [-0.2, -0.15) is 0 Å². The molecule has 8 nitrogen and oxygen atoms in total. The van der Waals surface area contributed by atoms with E-state index in [0.717, 1.165) is 12.0 Å². The van der Waals surface area contributed by atoms with Gasteiger partial charge in [-0.1, -0.05) is 12.1 Å². The Morgan fingerprint density at radius 1 is 1.18 bits per heavy atom. The zero-order valence-electron chi connectivity index (χ0n) is 15.6. The molecule has 1 aliphatic heterocycles. The lowest BCUT2D eigenvalue weighted by Gasteiger charge is -2.29.